The summed E-state index contributed by atoms with van der Waals surface area (Å²) in [5, 5.41) is 13.5. The maximum Gasteiger partial charge on any atom is 0.339 e. The molecule has 3 heterocycles. The minimum atomic E-state index is -0.445. The lowest BCUT2D eigenvalue weighted by molar-refractivity contribution is -0.0593. The summed E-state index contributed by atoms with van der Waals surface area (Å²) in [4.78, 5) is 12.0. The molecule has 24 heavy (non-hydrogen) atoms. The molecule has 1 aliphatic heterocycles. The minimum absolute atomic E-state index is 0.106. The first kappa shape index (κ1) is 16.5. The molecule has 0 amide bonds. The van der Waals surface area contributed by atoms with E-state index in [1.165, 1.54) is 7.11 Å². The van der Waals surface area contributed by atoms with Crippen LogP contribution < -0.4 is 0 Å². The van der Waals surface area contributed by atoms with Crippen molar-refractivity contribution in [3.63, 3.8) is 0 Å². The first-order valence-corrected chi connectivity index (χ1v) is 8.05. The summed E-state index contributed by atoms with van der Waals surface area (Å²) in [5.41, 5.74) is 2.77. The van der Waals surface area contributed by atoms with Crippen LogP contribution in [0.25, 0.3) is 5.52 Å². The maximum absolute atomic E-state index is 12.0. The third kappa shape index (κ3) is 3.00. The number of fused-ring (bicyclic) bond motifs is 1. The van der Waals surface area contributed by atoms with Gasteiger partial charge in [0.1, 0.15) is 0 Å². The molecule has 0 N–H and O–H groups in total. The lowest BCUT2D eigenvalue weighted by Gasteiger charge is -2.35. The highest BCUT2D eigenvalue weighted by Crippen LogP contribution is 2.35. The number of nitrogens with zero attached hydrogens (tertiary/aromatic N) is 3. The second kappa shape index (κ2) is 6.25. The fourth-order valence-corrected chi connectivity index (χ4v) is 3.41. The average Bonchev–Trinajstić information content (AvgIpc) is 2.91. The standard InChI is InChI=1S/C18H21N3O3/c1-18(2)10-12(5-7-24-18)13-8-14-9-15(17(22)23-3)16(4-6-19)21(14)20-11-13/h8-9,11-12H,4-5,7,10H2,1-3H3. The van der Waals surface area contributed by atoms with Crippen LogP contribution in [0.5, 0.6) is 0 Å². The highest BCUT2D eigenvalue weighted by atomic mass is 16.5. The van der Waals surface area contributed by atoms with Crippen LogP contribution in [-0.2, 0) is 15.9 Å². The van der Waals surface area contributed by atoms with Gasteiger partial charge in [-0.3, -0.25) is 0 Å². The zero-order chi connectivity index (χ0) is 17.3. The van der Waals surface area contributed by atoms with E-state index in [1.54, 1.807) is 10.6 Å². The van der Waals surface area contributed by atoms with Crippen LogP contribution in [0.2, 0.25) is 0 Å². The van der Waals surface area contributed by atoms with Crippen molar-refractivity contribution in [2.24, 2.45) is 0 Å². The topological polar surface area (TPSA) is 76.6 Å². The smallest absolute Gasteiger partial charge is 0.339 e. The number of carbonyl (C=O) groups excluding carboxylic acids is 1. The van der Waals surface area contributed by atoms with Crippen molar-refractivity contribution >= 4 is 11.5 Å². The van der Waals surface area contributed by atoms with Gasteiger partial charge in [0.25, 0.3) is 0 Å². The van der Waals surface area contributed by atoms with Crippen LogP contribution >= 0.6 is 0 Å². The Morgan fingerprint density at radius 3 is 3.00 bits per heavy atom. The molecule has 1 atom stereocenters. The second-order valence-corrected chi connectivity index (χ2v) is 6.75. The molecule has 3 rings (SSSR count). The molecule has 126 valence electrons. The van der Waals surface area contributed by atoms with E-state index < -0.39 is 5.97 Å². The first-order valence-electron chi connectivity index (χ1n) is 8.05. The van der Waals surface area contributed by atoms with Crippen LogP contribution in [0.3, 0.4) is 0 Å². The molecule has 0 bridgehead atoms. The van der Waals surface area contributed by atoms with Crippen LogP contribution in [-0.4, -0.2) is 34.9 Å². The molecule has 0 spiro atoms. The van der Waals surface area contributed by atoms with Gasteiger partial charge in [0.2, 0.25) is 0 Å². The minimum Gasteiger partial charge on any atom is -0.465 e. The third-order valence-electron chi connectivity index (χ3n) is 4.56. The second-order valence-electron chi connectivity index (χ2n) is 6.75. The summed E-state index contributed by atoms with van der Waals surface area (Å²) in [6.45, 7) is 4.93. The van der Waals surface area contributed by atoms with Crippen molar-refractivity contribution in [1.82, 2.24) is 9.61 Å². The van der Waals surface area contributed by atoms with Crippen LogP contribution in [0.15, 0.2) is 18.3 Å². The number of hydrogen-bond donors (Lipinski definition) is 0. The van der Waals surface area contributed by atoms with Crippen molar-refractivity contribution < 1.29 is 14.3 Å². The molecule has 1 unspecified atom stereocenters. The van der Waals surface area contributed by atoms with E-state index in [0.29, 0.717) is 17.2 Å². The zero-order valence-corrected chi connectivity index (χ0v) is 14.2. The van der Waals surface area contributed by atoms with Crippen molar-refractivity contribution in [3.8, 4) is 6.07 Å². The largest absolute Gasteiger partial charge is 0.465 e. The summed E-state index contributed by atoms with van der Waals surface area (Å²) in [5.74, 6) is -0.0679. The van der Waals surface area contributed by atoms with E-state index >= 15 is 0 Å². The number of rotatable bonds is 3. The molecule has 0 radical (unpaired) electrons. The quantitative estimate of drug-likeness (QED) is 0.810. The fraction of sp³-hybridized carbons (Fsp3) is 0.500. The summed E-state index contributed by atoms with van der Waals surface area (Å²) in [6, 6.07) is 5.88. The van der Waals surface area contributed by atoms with Crippen molar-refractivity contribution in [3.05, 3.63) is 35.2 Å². The number of aromatic nitrogens is 2. The van der Waals surface area contributed by atoms with Crippen LogP contribution in [0.1, 0.15) is 54.2 Å². The van der Waals surface area contributed by atoms with Gasteiger partial charge in [0.05, 0.1) is 48.2 Å². The van der Waals surface area contributed by atoms with Crippen molar-refractivity contribution in [2.75, 3.05) is 13.7 Å². The number of esters is 1. The van der Waals surface area contributed by atoms with E-state index in [4.69, 9.17) is 14.7 Å². The molecule has 0 saturated carbocycles. The Hall–Kier alpha value is -2.39. The number of methoxy groups -OCH3 is 1. The predicted octanol–water partition coefficient (Wildman–Crippen LogP) is 2.86. The highest BCUT2D eigenvalue weighted by molar-refractivity contribution is 5.93. The average molecular weight is 327 g/mol. The normalized spacial score (nSPS) is 19.8. The molecule has 6 heteroatoms. The summed E-state index contributed by atoms with van der Waals surface area (Å²) in [6.07, 6.45) is 3.83. The van der Waals surface area contributed by atoms with Gasteiger partial charge in [-0.2, -0.15) is 10.4 Å². The van der Waals surface area contributed by atoms with E-state index in [2.05, 4.69) is 25.0 Å². The fourth-order valence-electron chi connectivity index (χ4n) is 3.41. The Labute approximate surface area is 141 Å². The third-order valence-corrected chi connectivity index (χ3v) is 4.56. The van der Waals surface area contributed by atoms with Gasteiger partial charge in [-0.05, 0) is 50.3 Å². The molecular weight excluding hydrogens is 306 g/mol. The van der Waals surface area contributed by atoms with E-state index in [0.717, 1.165) is 30.5 Å². The van der Waals surface area contributed by atoms with E-state index in [9.17, 15) is 4.79 Å². The molecule has 6 nitrogen and oxygen atoms in total. The number of carbonyl (C=O) groups is 1. The number of ether oxygens (including phenoxy) is 2. The highest BCUT2D eigenvalue weighted by Gasteiger charge is 2.30. The molecule has 1 aliphatic rings. The SMILES string of the molecule is COC(=O)c1cc2cc(C3CCOC(C)(C)C3)cnn2c1CC#N. The summed E-state index contributed by atoms with van der Waals surface area (Å²) in [7, 11) is 1.34. The summed E-state index contributed by atoms with van der Waals surface area (Å²) < 4.78 is 12.3. The predicted molar refractivity (Wildman–Crippen MR) is 87.9 cm³/mol. The molecule has 2 aromatic heterocycles. The Balaban J connectivity index is 2.02. The van der Waals surface area contributed by atoms with Gasteiger partial charge >= 0.3 is 5.97 Å². The van der Waals surface area contributed by atoms with Gasteiger partial charge < -0.3 is 9.47 Å². The van der Waals surface area contributed by atoms with Crippen LogP contribution in [0, 0.1) is 11.3 Å². The number of hydrogen-bond acceptors (Lipinski definition) is 5. The Morgan fingerprint density at radius 1 is 1.54 bits per heavy atom. The van der Waals surface area contributed by atoms with Crippen molar-refractivity contribution in [2.45, 2.75) is 44.6 Å². The van der Waals surface area contributed by atoms with Crippen molar-refractivity contribution in [1.29, 1.82) is 5.26 Å². The maximum atomic E-state index is 12.0. The molecule has 2 aromatic rings. The molecule has 0 aliphatic carbocycles. The number of nitriles is 1. The Morgan fingerprint density at radius 2 is 2.33 bits per heavy atom. The lowest BCUT2D eigenvalue weighted by Crippen LogP contribution is -2.33. The zero-order valence-electron chi connectivity index (χ0n) is 14.2. The monoisotopic (exact) mass is 327 g/mol. The Kier molecular flexibility index (Phi) is 4.29. The Bertz CT molecular complexity index is 817. The first-order chi connectivity index (χ1) is 11.4. The van der Waals surface area contributed by atoms with E-state index in [1.807, 2.05) is 12.3 Å². The molecular formula is C18H21N3O3. The molecule has 0 aromatic carbocycles. The van der Waals surface area contributed by atoms with Gasteiger partial charge in [-0.15, -0.1) is 0 Å². The van der Waals surface area contributed by atoms with Gasteiger partial charge in [-0.1, -0.05) is 0 Å². The summed E-state index contributed by atoms with van der Waals surface area (Å²) >= 11 is 0. The lowest BCUT2D eigenvalue weighted by atomic mass is 9.84. The van der Waals surface area contributed by atoms with Gasteiger partial charge in [-0.25, -0.2) is 9.31 Å². The molecule has 1 saturated heterocycles. The van der Waals surface area contributed by atoms with Crippen LogP contribution in [0.4, 0.5) is 0 Å². The van der Waals surface area contributed by atoms with Gasteiger partial charge in [0.15, 0.2) is 0 Å². The van der Waals surface area contributed by atoms with E-state index in [-0.39, 0.29) is 12.0 Å². The van der Waals surface area contributed by atoms with Gasteiger partial charge in [0, 0.05) is 6.61 Å². The molecule has 1 fully saturated rings.